The number of aromatic nitrogens is 1. The maximum absolute atomic E-state index is 12.1. The van der Waals surface area contributed by atoms with Crippen molar-refractivity contribution in [3.8, 4) is 11.5 Å². The van der Waals surface area contributed by atoms with Crippen molar-refractivity contribution in [3.63, 3.8) is 0 Å². The number of cyclic esters (lactones) is 1. The van der Waals surface area contributed by atoms with E-state index in [1.165, 1.54) is 6.20 Å². The summed E-state index contributed by atoms with van der Waals surface area (Å²) in [5.74, 6) is 1.18. The molecule has 0 unspecified atom stereocenters. The van der Waals surface area contributed by atoms with Gasteiger partial charge in [0.25, 0.3) is 0 Å². The van der Waals surface area contributed by atoms with Gasteiger partial charge < -0.3 is 14.2 Å². The van der Waals surface area contributed by atoms with Crippen LogP contribution in [0.2, 0.25) is 5.02 Å². The van der Waals surface area contributed by atoms with Gasteiger partial charge >= 0.3 is 5.97 Å². The molecule has 0 amide bonds. The number of aliphatic imine (C=N–C) groups is 1. The van der Waals surface area contributed by atoms with Gasteiger partial charge in [0.15, 0.2) is 17.2 Å². The van der Waals surface area contributed by atoms with Crippen molar-refractivity contribution in [1.29, 1.82) is 0 Å². The fourth-order valence-corrected chi connectivity index (χ4v) is 2.51. The highest BCUT2D eigenvalue weighted by Crippen LogP contribution is 2.30. The molecule has 0 radical (unpaired) electrons. The van der Waals surface area contributed by atoms with E-state index in [1.54, 1.807) is 37.5 Å². The minimum Gasteiger partial charge on any atom is -0.493 e. The molecule has 1 aliphatic rings. The highest BCUT2D eigenvalue weighted by molar-refractivity contribution is 6.31. The van der Waals surface area contributed by atoms with E-state index in [1.807, 2.05) is 6.07 Å². The third kappa shape index (κ3) is 4.65. The minimum absolute atomic E-state index is 0.124. The summed E-state index contributed by atoms with van der Waals surface area (Å²) in [5.41, 5.74) is 1.31. The van der Waals surface area contributed by atoms with E-state index in [9.17, 15) is 4.79 Å². The number of ether oxygens (including phenoxy) is 3. The second-order valence-electron chi connectivity index (χ2n) is 6.31. The normalized spacial score (nSPS) is 15.1. The van der Waals surface area contributed by atoms with Crippen molar-refractivity contribution in [1.82, 2.24) is 4.98 Å². The van der Waals surface area contributed by atoms with Gasteiger partial charge in [0.05, 0.1) is 13.7 Å². The van der Waals surface area contributed by atoms with Crippen LogP contribution in [0, 0.1) is 5.92 Å². The number of pyridine rings is 1. The minimum atomic E-state index is -0.549. The molecule has 1 aromatic carbocycles. The molecule has 0 saturated heterocycles. The third-order valence-electron chi connectivity index (χ3n) is 3.62. The zero-order valence-electron chi connectivity index (χ0n) is 15.2. The first-order valence-electron chi connectivity index (χ1n) is 8.41. The van der Waals surface area contributed by atoms with Crippen LogP contribution in [-0.4, -0.2) is 30.6 Å². The lowest BCUT2D eigenvalue weighted by molar-refractivity contribution is -0.129. The van der Waals surface area contributed by atoms with Crippen LogP contribution >= 0.6 is 11.6 Å². The second-order valence-corrected chi connectivity index (χ2v) is 6.75. The molecule has 0 fully saturated rings. The molecule has 0 bridgehead atoms. The maximum Gasteiger partial charge on any atom is 0.363 e. The van der Waals surface area contributed by atoms with Gasteiger partial charge in [-0.2, -0.15) is 0 Å². The molecule has 7 heteroatoms. The first-order chi connectivity index (χ1) is 13.0. The van der Waals surface area contributed by atoms with Gasteiger partial charge in [-0.15, -0.1) is 0 Å². The molecule has 140 valence electrons. The molecule has 1 aromatic heterocycles. The summed E-state index contributed by atoms with van der Waals surface area (Å²) in [5, 5.41) is 0.485. The Balaban J connectivity index is 1.89. The van der Waals surface area contributed by atoms with E-state index in [4.69, 9.17) is 25.8 Å². The van der Waals surface area contributed by atoms with Gasteiger partial charge in [-0.3, -0.25) is 4.98 Å². The predicted molar refractivity (Wildman–Crippen MR) is 103 cm³/mol. The van der Waals surface area contributed by atoms with Crippen molar-refractivity contribution in [2.24, 2.45) is 10.9 Å². The molecular formula is C20H19ClN2O4. The molecule has 3 rings (SSSR count). The van der Waals surface area contributed by atoms with E-state index >= 15 is 0 Å². The number of benzene rings is 1. The molecule has 0 spiro atoms. The summed E-state index contributed by atoms with van der Waals surface area (Å²) in [6.45, 7) is 4.68. The van der Waals surface area contributed by atoms with Crippen molar-refractivity contribution in [3.05, 3.63) is 58.5 Å². The predicted octanol–water partition coefficient (Wildman–Crippen LogP) is 4.12. The molecule has 0 atom stereocenters. The van der Waals surface area contributed by atoms with E-state index < -0.39 is 5.97 Å². The Morgan fingerprint density at radius 1 is 1.22 bits per heavy atom. The first kappa shape index (κ1) is 18.9. The van der Waals surface area contributed by atoms with Gasteiger partial charge in [0, 0.05) is 11.2 Å². The Bertz CT molecular complexity index is 922. The largest absolute Gasteiger partial charge is 0.493 e. The molecule has 27 heavy (non-hydrogen) atoms. The fraction of sp³-hybridized carbons (Fsp3) is 0.250. The Hall–Kier alpha value is -2.86. The van der Waals surface area contributed by atoms with Crippen molar-refractivity contribution < 1.29 is 19.0 Å². The van der Waals surface area contributed by atoms with Crippen molar-refractivity contribution >= 4 is 29.5 Å². The Kier molecular flexibility index (Phi) is 5.76. The molecule has 0 saturated carbocycles. The third-order valence-corrected chi connectivity index (χ3v) is 3.86. The zero-order valence-corrected chi connectivity index (χ0v) is 16.0. The summed E-state index contributed by atoms with van der Waals surface area (Å²) in [6.07, 6.45) is 3.15. The first-order valence-corrected chi connectivity index (χ1v) is 8.79. The van der Waals surface area contributed by atoms with E-state index in [0.717, 1.165) is 5.56 Å². The van der Waals surface area contributed by atoms with Crippen LogP contribution in [0.5, 0.6) is 11.5 Å². The van der Waals surface area contributed by atoms with Crippen LogP contribution < -0.4 is 9.47 Å². The number of halogens is 1. The molecule has 2 heterocycles. The number of nitrogens with zero attached hydrogens (tertiary/aromatic N) is 2. The van der Waals surface area contributed by atoms with Crippen LogP contribution in [0.3, 0.4) is 0 Å². The number of hydrogen-bond acceptors (Lipinski definition) is 6. The maximum atomic E-state index is 12.1. The average Bonchev–Trinajstić information content (AvgIpc) is 3.01. The molecular weight excluding hydrogens is 368 g/mol. The van der Waals surface area contributed by atoms with Gasteiger partial charge in [0.2, 0.25) is 5.90 Å². The lowest BCUT2D eigenvalue weighted by Crippen LogP contribution is -2.07. The number of methoxy groups -OCH3 is 1. The topological polar surface area (TPSA) is 70.0 Å². The van der Waals surface area contributed by atoms with Crippen LogP contribution in [0.15, 0.2) is 47.2 Å². The number of esters is 1. The standard InChI is InChI=1S/C20H19ClN2O4/c1-12(2)11-26-18-9-13(4-5-17(18)25-3)8-16-20(24)27-19(23-16)15-10-14(21)6-7-22-15/h4-10,12H,11H2,1-3H3/b16-8-. The Morgan fingerprint density at radius 3 is 2.74 bits per heavy atom. The molecule has 0 N–H and O–H groups in total. The Morgan fingerprint density at radius 2 is 2.04 bits per heavy atom. The van der Waals surface area contributed by atoms with Crippen molar-refractivity contribution in [2.45, 2.75) is 13.8 Å². The molecule has 6 nitrogen and oxygen atoms in total. The van der Waals surface area contributed by atoms with Crippen LogP contribution in [-0.2, 0) is 9.53 Å². The second kappa shape index (κ2) is 8.22. The molecule has 0 aliphatic carbocycles. The van der Waals surface area contributed by atoms with Crippen LogP contribution in [0.25, 0.3) is 6.08 Å². The summed E-state index contributed by atoms with van der Waals surface area (Å²) in [4.78, 5) is 20.5. The number of hydrogen-bond donors (Lipinski definition) is 0. The number of carbonyl (C=O) groups is 1. The van der Waals surface area contributed by atoms with E-state index in [0.29, 0.717) is 34.7 Å². The van der Waals surface area contributed by atoms with E-state index in [2.05, 4.69) is 23.8 Å². The molecule has 2 aromatic rings. The van der Waals surface area contributed by atoms with Crippen molar-refractivity contribution in [2.75, 3.05) is 13.7 Å². The quantitative estimate of drug-likeness (QED) is 0.551. The lowest BCUT2D eigenvalue weighted by atomic mass is 10.1. The number of rotatable bonds is 6. The summed E-state index contributed by atoms with van der Waals surface area (Å²) in [6, 6.07) is 8.61. The van der Waals surface area contributed by atoms with Crippen LogP contribution in [0.1, 0.15) is 25.1 Å². The highest BCUT2D eigenvalue weighted by atomic mass is 35.5. The lowest BCUT2D eigenvalue weighted by Gasteiger charge is -2.13. The van der Waals surface area contributed by atoms with Gasteiger partial charge in [0.1, 0.15) is 5.69 Å². The number of carbonyl (C=O) groups excluding carboxylic acids is 1. The van der Waals surface area contributed by atoms with Gasteiger partial charge in [-0.1, -0.05) is 31.5 Å². The highest BCUT2D eigenvalue weighted by Gasteiger charge is 2.25. The average molecular weight is 387 g/mol. The smallest absolute Gasteiger partial charge is 0.363 e. The fourth-order valence-electron chi connectivity index (χ4n) is 2.35. The SMILES string of the molecule is COc1ccc(/C=C2\N=C(c3cc(Cl)ccn3)OC2=O)cc1OCC(C)C. The Labute approximate surface area is 162 Å². The van der Waals surface area contributed by atoms with E-state index in [-0.39, 0.29) is 11.6 Å². The van der Waals surface area contributed by atoms with Crippen LogP contribution in [0.4, 0.5) is 0 Å². The summed E-state index contributed by atoms with van der Waals surface area (Å²) in [7, 11) is 1.58. The summed E-state index contributed by atoms with van der Waals surface area (Å²) < 4.78 is 16.3. The molecule has 1 aliphatic heterocycles. The van der Waals surface area contributed by atoms with Gasteiger partial charge in [-0.05, 0) is 41.8 Å². The van der Waals surface area contributed by atoms with Gasteiger partial charge in [-0.25, -0.2) is 9.79 Å². The summed E-state index contributed by atoms with van der Waals surface area (Å²) >= 11 is 5.95. The monoisotopic (exact) mass is 386 g/mol. The zero-order chi connectivity index (χ0) is 19.4.